The van der Waals surface area contributed by atoms with Gasteiger partial charge in [0.2, 0.25) is 11.8 Å². The summed E-state index contributed by atoms with van der Waals surface area (Å²) < 4.78 is 34.6. The number of aryl methyl sites for hydroxylation is 1. The van der Waals surface area contributed by atoms with Crippen LogP contribution in [0.1, 0.15) is 43.7 Å². The van der Waals surface area contributed by atoms with Gasteiger partial charge in [-0.05, 0) is 74.7 Å². The summed E-state index contributed by atoms with van der Waals surface area (Å²) in [5, 5.41) is 4.02. The standard InChI is InChI=1S/C31H34Cl3N3O5S/c1-20-8-13-26(14-9-20)43(40,41)37(28-17-24(33)12-15-29(28)42-3)19-30(38)36(18-22-10-11-23(32)16-27(22)34)21(2)31(39)35-25-6-4-5-7-25/h8-17,21,25H,4-7,18-19H2,1-3H3,(H,35,39). The molecule has 1 saturated carbocycles. The lowest BCUT2D eigenvalue weighted by Crippen LogP contribution is -2.52. The molecule has 1 aliphatic carbocycles. The zero-order valence-electron chi connectivity index (χ0n) is 24.1. The van der Waals surface area contributed by atoms with Crippen LogP contribution >= 0.6 is 34.8 Å². The Morgan fingerprint density at radius 1 is 0.977 bits per heavy atom. The molecule has 1 unspecified atom stereocenters. The first-order valence-electron chi connectivity index (χ1n) is 13.9. The number of rotatable bonds is 11. The Balaban J connectivity index is 1.76. The second kappa shape index (κ2) is 14.2. The molecule has 3 aromatic carbocycles. The van der Waals surface area contributed by atoms with Crippen molar-refractivity contribution in [3.63, 3.8) is 0 Å². The predicted octanol–water partition coefficient (Wildman–Crippen LogP) is 6.64. The quantitative estimate of drug-likeness (QED) is 0.248. The normalized spacial score (nSPS) is 14.3. The van der Waals surface area contributed by atoms with E-state index in [1.165, 1.54) is 36.3 Å². The van der Waals surface area contributed by atoms with Crippen LogP contribution in [-0.2, 0) is 26.2 Å². The number of benzene rings is 3. The Labute approximate surface area is 267 Å². The van der Waals surface area contributed by atoms with E-state index in [-0.39, 0.29) is 39.8 Å². The highest BCUT2D eigenvalue weighted by atomic mass is 35.5. The van der Waals surface area contributed by atoms with Crippen molar-refractivity contribution in [3.05, 3.63) is 86.9 Å². The number of carbonyl (C=O) groups excluding carboxylic acids is 2. The van der Waals surface area contributed by atoms with E-state index in [4.69, 9.17) is 39.5 Å². The third kappa shape index (κ3) is 7.95. The highest BCUT2D eigenvalue weighted by Crippen LogP contribution is 2.35. The minimum Gasteiger partial charge on any atom is -0.495 e. The van der Waals surface area contributed by atoms with Crippen molar-refractivity contribution in [1.82, 2.24) is 10.2 Å². The molecule has 0 heterocycles. The van der Waals surface area contributed by atoms with Gasteiger partial charge in [-0.25, -0.2) is 8.42 Å². The topological polar surface area (TPSA) is 96.0 Å². The minimum atomic E-state index is -4.30. The van der Waals surface area contributed by atoms with Crippen molar-refractivity contribution >= 4 is 62.3 Å². The van der Waals surface area contributed by atoms with Crippen molar-refractivity contribution in [3.8, 4) is 5.75 Å². The van der Waals surface area contributed by atoms with Crippen molar-refractivity contribution in [2.45, 2.75) is 63.1 Å². The maximum absolute atomic E-state index is 14.2. The van der Waals surface area contributed by atoms with Gasteiger partial charge in [0.15, 0.2) is 0 Å². The van der Waals surface area contributed by atoms with Crippen LogP contribution in [0, 0.1) is 6.92 Å². The van der Waals surface area contributed by atoms with E-state index in [9.17, 15) is 18.0 Å². The van der Waals surface area contributed by atoms with Gasteiger partial charge in [-0.1, -0.05) is 71.4 Å². The smallest absolute Gasteiger partial charge is 0.264 e. The van der Waals surface area contributed by atoms with E-state index in [0.29, 0.717) is 15.6 Å². The number of nitrogens with zero attached hydrogens (tertiary/aromatic N) is 2. The molecule has 0 aliphatic heterocycles. The molecular weight excluding hydrogens is 633 g/mol. The number of ether oxygens (including phenoxy) is 1. The zero-order valence-corrected chi connectivity index (χ0v) is 27.2. The van der Waals surface area contributed by atoms with Crippen molar-refractivity contribution in [1.29, 1.82) is 0 Å². The summed E-state index contributed by atoms with van der Waals surface area (Å²) >= 11 is 18.9. The highest BCUT2D eigenvalue weighted by molar-refractivity contribution is 7.92. The fraction of sp³-hybridized carbons (Fsp3) is 0.355. The molecule has 0 saturated heterocycles. The average Bonchev–Trinajstić information content (AvgIpc) is 3.48. The molecule has 230 valence electrons. The summed E-state index contributed by atoms with van der Waals surface area (Å²) in [6.07, 6.45) is 3.78. The van der Waals surface area contributed by atoms with Crippen LogP contribution < -0.4 is 14.4 Å². The third-order valence-corrected chi connectivity index (χ3v) is 10.1. The van der Waals surface area contributed by atoms with E-state index in [1.54, 1.807) is 43.3 Å². The predicted molar refractivity (Wildman–Crippen MR) is 171 cm³/mol. The number of sulfonamides is 1. The number of halogens is 3. The van der Waals surface area contributed by atoms with Gasteiger partial charge in [-0.15, -0.1) is 0 Å². The second-order valence-electron chi connectivity index (χ2n) is 10.6. The molecule has 1 N–H and O–H groups in total. The molecule has 1 fully saturated rings. The van der Waals surface area contributed by atoms with Crippen LogP contribution in [-0.4, -0.2) is 50.9 Å². The Bertz CT molecular complexity index is 1580. The summed E-state index contributed by atoms with van der Waals surface area (Å²) in [5.74, 6) is -0.761. The van der Waals surface area contributed by atoms with Crippen molar-refractivity contribution in [2.24, 2.45) is 0 Å². The molecule has 12 heteroatoms. The minimum absolute atomic E-state index is 0.0211. The Hall–Kier alpha value is -2.98. The molecular formula is C31H34Cl3N3O5S. The van der Waals surface area contributed by atoms with Gasteiger partial charge in [-0.2, -0.15) is 0 Å². The SMILES string of the molecule is COc1ccc(Cl)cc1N(CC(=O)N(Cc1ccc(Cl)cc1Cl)C(C)C(=O)NC1CCCC1)S(=O)(=O)c1ccc(C)cc1. The lowest BCUT2D eigenvalue weighted by Gasteiger charge is -2.33. The van der Waals surface area contributed by atoms with Gasteiger partial charge >= 0.3 is 0 Å². The third-order valence-electron chi connectivity index (χ3n) is 7.52. The Kier molecular flexibility index (Phi) is 10.9. The van der Waals surface area contributed by atoms with Crippen LogP contribution in [0.3, 0.4) is 0 Å². The number of hydrogen-bond donors (Lipinski definition) is 1. The molecule has 3 aromatic rings. The van der Waals surface area contributed by atoms with Crippen LogP contribution in [0.15, 0.2) is 65.6 Å². The van der Waals surface area contributed by atoms with Gasteiger partial charge in [-0.3, -0.25) is 13.9 Å². The maximum atomic E-state index is 14.2. The number of anilines is 1. The Morgan fingerprint density at radius 3 is 2.23 bits per heavy atom. The number of carbonyl (C=O) groups is 2. The molecule has 2 amide bonds. The lowest BCUT2D eigenvalue weighted by atomic mass is 10.1. The fourth-order valence-corrected chi connectivity index (χ4v) is 7.07. The molecule has 1 aliphatic rings. The van der Waals surface area contributed by atoms with Gasteiger partial charge in [0.05, 0.1) is 17.7 Å². The second-order valence-corrected chi connectivity index (χ2v) is 13.7. The van der Waals surface area contributed by atoms with Crippen molar-refractivity contribution in [2.75, 3.05) is 18.0 Å². The first kappa shape index (κ1) is 32.9. The maximum Gasteiger partial charge on any atom is 0.264 e. The summed E-state index contributed by atoms with van der Waals surface area (Å²) in [6.45, 7) is 2.76. The van der Waals surface area contributed by atoms with E-state index >= 15 is 0 Å². The molecule has 43 heavy (non-hydrogen) atoms. The number of amides is 2. The van der Waals surface area contributed by atoms with E-state index in [1.807, 2.05) is 6.92 Å². The fourth-order valence-electron chi connectivity index (χ4n) is 5.02. The van der Waals surface area contributed by atoms with Crippen molar-refractivity contribution < 1.29 is 22.7 Å². The monoisotopic (exact) mass is 665 g/mol. The molecule has 0 aromatic heterocycles. The van der Waals surface area contributed by atoms with Crippen LogP contribution in [0.2, 0.25) is 15.1 Å². The van der Waals surface area contributed by atoms with E-state index in [0.717, 1.165) is 35.6 Å². The van der Waals surface area contributed by atoms with E-state index < -0.39 is 28.5 Å². The molecule has 8 nitrogen and oxygen atoms in total. The molecule has 0 radical (unpaired) electrons. The molecule has 1 atom stereocenters. The Morgan fingerprint density at radius 2 is 1.60 bits per heavy atom. The number of methoxy groups -OCH3 is 1. The van der Waals surface area contributed by atoms with Crippen LogP contribution in [0.5, 0.6) is 5.75 Å². The van der Waals surface area contributed by atoms with E-state index in [2.05, 4.69) is 5.32 Å². The first-order chi connectivity index (χ1) is 20.4. The van der Waals surface area contributed by atoms with Gasteiger partial charge in [0.1, 0.15) is 18.3 Å². The van der Waals surface area contributed by atoms with Gasteiger partial charge in [0.25, 0.3) is 10.0 Å². The molecule has 0 spiro atoms. The number of hydrogen-bond acceptors (Lipinski definition) is 5. The highest BCUT2D eigenvalue weighted by Gasteiger charge is 2.35. The molecule has 4 rings (SSSR count). The zero-order chi connectivity index (χ0) is 31.3. The van der Waals surface area contributed by atoms with Crippen LogP contribution in [0.25, 0.3) is 0 Å². The first-order valence-corrected chi connectivity index (χ1v) is 16.4. The summed E-state index contributed by atoms with van der Waals surface area (Å²) in [6, 6.07) is 14.8. The summed E-state index contributed by atoms with van der Waals surface area (Å²) in [5.41, 5.74) is 1.50. The molecule has 0 bridgehead atoms. The summed E-state index contributed by atoms with van der Waals surface area (Å²) in [4.78, 5) is 28.9. The average molecular weight is 667 g/mol. The van der Waals surface area contributed by atoms with Gasteiger partial charge in [0, 0.05) is 27.7 Å². The lowest BCUT2D eigenvalue weighted by molar-refractivity contribution is -0.139. The van der Waals surface area contributed by atoms with Crippen LogP contribution in [0.4, 0.5) is 5.69 Å². The van der Waals surface area contributed by atoms with Gasteiger partial charge < -0.3 is 15.0 Å². The largest absolute Gasteiger partial charge is 0.495 e. The summed E-state index contributed by atoms with van der Waals surface area (Å²) in [7, 11) is -2.90. The number of nitrogens with one attached hydrogen (secondary N) is 1.